The molecule has 0 aliphatic carbocycles. The molecule has 0 saturated heterocycles. The van der Waals surface area contributed by atoms with E-state index in [1.165, 1.54) is 0 Å². The highest BCUT2D eigenvalue weighted by atomic mass is 35.5. The molecule has 0 unspecified atom stereocenters. The first-order chi connectivity index (χ1) is 9.21. The lowest BCUT2D eigenvalue weighted by Gasteiger charge is -2.07. The van der Waals surface area contributed by atoms with E-state index in [9.17, 15) is 0 Å². The SMILES string of the molecule is CCOc1nc(Cl)nc(Oc2cccc(OC)c2)n1. The van der Waals surface area contributed by atoms with E-state index in [-0.39, 0.29) is 17.3 Å². The Kier molecular flexibility index (Phi) is 4.35. The van der Waals surface area contributed by atoms with Gasteiger partial charge >= 0.3 is 12.0 Å². The van der Waals surface area contributed by atoms with E-state index in [1.807, 2.05) is 6.92 Å². The zero-order chi connectivity index (χ0) is 13.7. The Morgan fingerprint density at radius 3 is 2.58 bits per heavy atom. The number of ether oxygens (including phenoxy) is 3. The molecule has 0 fully saturated rings. The minimum atomic E-state index is 0.0105. The largest absolute Gasteiger partial charge is 0.497 e. The van der Waals surface area contributed by atoms with Crippen molar-refractivity contribution in [3.8, 4) is 23.5 Å². The summed E-state index contributed by atoms with van der Waals surface area (Å²) < 4.78 is 15.7. The van der Waals surface area contributed by atoms with Gasteiger partial charge in [0.1, 0.15) is 11.5 Å². The van der Waals surface area contributed by atoms with E-state index in [4.69, 9.17) is 25.8 Å². The van der Waals surface area contributed by atoms with Crippen LogP contribution in [0.25, 0.3) is 0 Å². The van der Waals surface area contributed by atoms with Gasteiger partial charge in [-0.25, -0.2) is 0 Å². The van der Waals surface area contributed by atoms with Crippen molar-refractivity contribution in [1.29, 1.82) is 0 Å². The summed E-state index contributed by atoms with van der Waals surface area (Å²) in [5.41, 5.74) is 0. The summed E-state index contributed by atoms with van der Waals surface area (Å²) in [7, 11) is 1.58. The molecule has 2 rings (SSSR count). The maximum Gasteiger partial charge on any atom is 0.329 e. The van der Waals surface area contributed by atoms with Gasteiger partial charge in [0, 0.05) is 6.07 Å². The Balaban J connectivity index is 2.22. The van der Waals surface area contributed by atoms with Gasteiger partial charge < -0.3 is 14.2 Å². The molecule has 0 radical (unpaired) electrons. The predicted molar refractivity (Wildman–Crippen MR) is 69.1 cm³/mol. The van der Waals surface area contributed by atoms with Crippen molar-refractivity contribution in [2.75, 3.05) is 13.7 Å². The summed E-state index contributed by atoms with van der Waals surface area (Å²) >= 11 is 5.76. The number of hydrogen-bond donors (Lipinski definition) is 0. The normalized spacial score (nSPS) is 10.1. The number of rotatable bonds is 5. The Bertz CT molecular complexity index is 566. The lowest BCUT2D eigenvalue weighted by molar-refractivity contribution is 0.303. The lowest BCUT2D eigenvalue weighted by Crippen LogP contribution is -2.01. The van der Waals surface area contributed by atoms with Crippen LogP contribution in [0, 0.1) is 0 Å². The maximum absolute atomic E-state index is 5.76. The molecule has 6 nitrogen and oxygen atoms in total. The lowest BCUT2D eigenvalue weighted by atomic mass is 10.3. The first-order valence-corrected chi connectivity index (χ1v) is 5.95. The highest BCUT2D eigenvalue weighted by molar-refractivity contribution is 6.28. The first kappa shape index (κ1) is 13.4. The van der Waals surface area contributed by atoms with Crippen molar-refractivity contribution in [1.82, 2.24) is 15.0 Å². The zero-order valence-corrected chi connectivity index (χ0v) is 11.2. The number of hydrogen-bond acceptors (Lipinski definition) is 6. The van der Waals surface area contributed by atoms with Crippen LogP contribution in [0.3, 0.4) is 0 Å². The van der Waals surface area contributed by atoms with Crippen LogP contribution in [0.5, 0.6) is 23.5 Å². The summed E-state index contributed by atoms with van der Waals surface area (Å²) in [6.45, 7) is 2.25. The zero-order valence-electron chi connectivity index (χ0n) is 10.5. The molecule has 1 aromatic carbocycles. The van der Waals surface area contributed by atoms with Crippen molar-refractivity contribution in [3.05, 3.63) is 29.5 Å². The molecule has 0 aliphatic rings. The van der Waals surface area contributed by atoms with E-state index in [0.717, 1.165) is 0 Å². The summed E-state index contributed by atoms with van der Waals surface area (Å²) in [6.07, 6.45) is 0. The number of benzene rings is 1. The standard InChI is InChI=1S/C12H12ClN3O3/c1-3-18-11-14-10(13)15-12(16-11)19-9-6-4-5-8(7-9)17-2/h4-7H,3H2,1-2H3. The first-order valence-electron chi connectivity index (χ1n) is 5.57. The molecule has 0 amide bonds. The van der Waals surface area contributed by atoms with Gasteiger partial charge in [0.05, 0.1) is 13.7 Å². The average Bonchev–Trinajstić information content (AvgIpc) is 2.38. The number of nitrogens with zero attached hydrogens (tertiary/aromatic N) is 3. The Morgan fingerprint density at radius 2 is 1.84 bits per heavy atom. The second kappa shape index (κ2) is 6.19. The van der Waals surface area contributed by atoms with Crippen LogP contribution < -0.4 is 14.2 Å². The molecule has 1 heterocycles. The van der Waals surface area contributed by atoms with Crippen molar-refractivity contribution in [2.24, 2.45) is 0 Å². The van der Waals surface area contributed by atoms with Gasteiger partial charge in [0.15, 0.2) is 0 Å². The number of methoxy groups -OCH3 is 1. The predicted octanol–water partition coefficient (Wildman–Crippen LogP) is 2.72. The quantitative estimate of drug-likeness (QED) is 0.839. The fourth-order valence-corrected chi connectivity index (χ4v) is 1.47. The summed E-state index contributed by atoms with van der Waals surface area (Å²) in [5, 5.41) is 0.0105. The Morgan fingerprint density at radius 1 is 1.11 bits per heavy atom. The monoisotopic (exact) mass is 281 g/mol. The van der Waals surface area contributed by atoms with Crippen LogP contribution in [-0.2, 0) is 0 Å². The van der Waals surface area contributed by atoms with Gasteiger partial charge in [0.2, 0.25) is 5.28 Å². The third-order valence-corrected chi connectivity index (χ3v) is 2.26. The topological polar surface area (TPSA) is 66.4 Å². The molecule has 19 heavy (non-hydrogen) atoms. The van der Waals surface area contributed by atoms with Crippen molar-refractivity contribution in [2.45, 2.75) is 6.92 Å². The van der Waals surface area contributed by atoms with Crippen molar-refractivity contribution in [3.63, 3.8) is 0 Å². The van der Waals surface area contributed by atoms with Crippen molar-refractivity contribution < 1.29 is 14.2 Å². The van der Waals surface area contributed by atoms with E-state index in [2.05, 4.69) is 15.0 Å². The van der Waals surface area contributed by atoms with E-state index < -0.39 is 0 Å². The fraction of sp³-hybridized carbons (Fsp3) is 0.250. The molecule has 0 bridgehead atoms. The molecular formula is C12H12ClN3O3. The maximum atomic E-state index is 5.76. The minimum absolute atomic E-state index is 0.0105. The van der Waals surface area contributed by atoms with Gasteiger partial charge in [-0.15, -0.1) is 4.98 Å². The molecule has 1 aromatic heterocycles. The van der Waals surface area contributed by atoms with Crippen LogP contribution >= 0.6 is 11.6 Å². The van der Waals surface area contributed by atoms with Crippen LogP contribution in [0.4, 0.5) is 0 Å². The second-order valence-corrected chi connectivity index (χ2v) is 3.72. The highest BCUT2D eigenvalue weighted by Gasteiger charge is 2.08. The van der Waals surface area contributed by atoms with E-state index in [0.29, 0.717) is 18.1 Å². The van der Waals surface area contributed by atoms with Crippen LogP contribution in [0.2, 0.25) is 5.28 Å². The molecular weight excluding hydrogens is 270 g/mol. The molecule has 0 spiro atoms. The van der Waals surface area contributed by atoms with Crippen LogP contribution in [-0.4, -0.2) is 28.7 Å². The summed E-state index contributed by atoms with van der Waals surface area (Å²) in [4.78, 5) is 11.7. The smallest absolute Gasteiger partial charge is 0.329 e. The van der Waals surface area contributed by atoms with Crippen LogP contribution in [0.1, 0.15) is 6.92 Å². The minimum Gasteiger partial charge on any atom is -0.497 e. The number of halogens is 1. The highest BCUT2D eigenvalue weighted by Crippen LogP contribution is 2.24. The molecule has 2 aromatic rings. The number of aromatic nitrogens is 3. The Labute approximate surface area is 115 Å². The fourth-order valence-electron chi connectivity index (χ4n) is 1.32. The molecule has 0 saturated carbocycles. The Hall–Kier alpha value is -2.08. The second-order valence-electron chi connectivity index (χ2n) is 3.38. The molecule has 0 aliphatic heterocycles. The molecule has 0 N–H and O–H groups in total. The molecule has 100 valence electrons. The van der Waals surface area contributed by atoms with Gasteiger partial charge in [-0.3, -0.25) is 0 Å². The summed E-state index contributed by atoms with van der Waals surface area (Å²) in [5.74, 6) is 1.20. The van der Waals surface area contributed by atoms with Crippen molar-refractivity contribution >= 4 is 11.6 Å². The van der Waals surface area contributed by atoms with Gasteiger partial charge in [-0.1, -0.05) is 6.07 Å². The molecule has 0 atom stereocenters. The third-order valence-electron chi connectivity index (χ3n) is 2.09. The average molecular weight is 282 g/mol. The van der Waals surface area contributed by atoms with Gasteiger partial charge in [-0.05, 0) is 30.7 Å². The third kappa shape index (κ3) is 3.69. The van der Waals surface area contributed by atoms with E-state index >= 15 is 0 Å². The van der Waals surface area contributed by atoms with Gasteiger partial charge in [0.25, 0.3) is 0 Å². The summed E-state index contributed by atoms with van der Waals surface area (Å²) in [6, 6.07) is 7.25. The van der Waals surface area contributed by atoms with E-state index in [1.54, 1.807) is 31.4 Å². The molecule has 7 heteroatoms. The van der Waals surface area contributed by atoms with Gasteiger partial charge in [-0.2, -0.15) is 9.97 Å². The van der Waals surface area contributed by atoms with Crippen LogP contribution in [0.15, 0.2) is 24.3 Å².